The number of nitriles is 1. The molecule has 80 valence electrons. The van der Waals surface area contributed by atoms with Gasteiger partial charge in [0.15, 0.2) is 5.75 Å². The summed E-state index contributed by atoms with van der Waals surface area (Å²) in [5, 5.41) is 12.1. The second kappa shape index (κ2) is 4.21. The molecule has 16 heavy (non-hydrogen) atoms. The Morgan fingerprint density at radius 2 is 2.25 bits per heavy atom. The van der Waals surface area contributed by atoms with Gasteiger partial charge in [-0.2, -0.15) is 5.26 Å². The van der Waals surface area contributed by atoms with E-state index in [1.807, 2.05) is 30.3 Å². The highest BCUT2D eigenvalue weighted by Gasteiger charge is 2.15. The largest absolute Gasteiger partial charge is 0.412 e. The third kappa shape index (κ3) is 1.71. The van der Waals surface area contributed by atoms with E-state index in [0.717, 1.165) is 10.1 Å². The van der Waals surface area contributed by atoms with Crippen molar-refractivity contribution in [2.45, 2.75) is 0 Å². The van der Waals surface area contributed by atoms with Crippen LogP contribution in [0.5, 0.6) is 5.75 Å². The number of ether oxygens (including phenoxy) is 1. The Balaban J connectivity index is 2.57. The molecule has 1 amide bonds. The molecule has 0 fully saturated rings. The summed E-state index contributed by atoms with van der Waals surface area (Å²) in [6.07, 6.45) is -0.569. The number of amides is 1. The number of carbonyl (C=O) groups excluding carboxylic acids is 1. The third-order valence-electron chi connectivity index (χ3n) is 2.05. The van der Waals surface area contributed by atoms with Gasteiger partial charge in [0.1, 0.15) is 10.9 Å². The summed E-state index contributed by atoms with van der Waals surface area (Å²) >= 11 is 1.31. The van der Waals surface area contributed by atoms with Crippen LogP contribution in [0.25, 0.3) is 10.1 Å². The Bertz CT molecular complexity index is 583. The minimum atomic E-state index is -0.569. The molecule has 4 nitrogen and oxygen atoms in total. The summed E-state index contributed by atoms with van der Waals surface area (Å²) in [4.78, 5) is 11.6. The first-order valence-corrected chi connectivity index (χ1v) is 5.39. The fraction of sp³-hybridized carbons (Fsp3) is 0.0909. The molecule has 5 heteroatoms. The van der Waals surface area contributed by atoms with Gasteiger partial charge >= 0.3 is 6.09 Å². The zero-order valence-corrected chi connectivity index (χ0v) is 9.30. The average molecular weight is 232 g/mol. The van der Waals surface area contributed by atoms with E-state index in [4.69, 9.17) is 10.00 Å². The Hall–Kier alpha value is -2.06. The van der Waals surface area contributed by atoms with Gasteiger partial charge in [0.2, 0.25) is 0 Å². The molecule has 1 heterocycles. The van der Waals surface area contributed by atoms with Crippen molar-refractivity contribution in [2.24, 2.45) is 0 Å². The maximum Gasteiger partial charge on any atom is 0.412 e. The molecule has 0 saturated heterocycles. The molecule has 2 rings (SSSR count). The molecular formula is C11H8N2O2S. The zero-order chi connectivity index (χ0) is 11.5. The van der Waals surface area contributed by atoms with E-state index in [9.17, 15) is 4.79 Å². The van der Waals surface area contributed by atoms with Gasteiger partial charge in [0.25, 0.3) is 0 Å². The van der Waals surface area contributed by atoms with Gasteiger partial charge in [0, 0.05) is 17.1 Å². The van der Waals surface area contributed by atoms with Crippen molar-refractivity contribution in [1.82, 2.24) is 5.32 Å². The van der Waals surface area contributed by atoms with E-state index in [-0.39, 0.29) is 0 Å². The molecule has 2 aromatic rings. The Morgan fingerprint density at radius 3 is 2.94 bits per heavy atom. The van der Waals surface area contributed by atoms with Crippen LogP contribution < -0.4 is 10.1 Å². The molecule has 0 radical (unpaired) electrons. The lowest BCUT2D eigenvalue weighted by Gasteiger charge is -2.01. The van der Waals surface area contributed by atoms with Gasteiger partial charge in [-0.25, -0.2) is 4.79 Å². The number of carbonyl (C=O) groups is 1. The van der Waals surface area contributed by atoms with Crippen LogP contribution in [-0.4, -0.2) is 13.1 Å². The molecular weight excluding hydrogens is 224 g/mol. The molecule has 0 saturated carbocycles. The molecule has 0 atom stereocenters. The van der Waals surface area contributed by atoms with E-state index in [1.165, 1.54) is 18.4 Å². The number of fused-ring (bicyclic) bond motifs is 1. The first-order chi connectivity index (χ1) is 7.76. The molecule has 0 bridgehead atoms. The Morgan fingerprint density at radius 1 is 1.50 bits per heavy atom. The first-order valence-electron chi connectivity index (χ1n) is 4.57. The molecule has 1 aromatic heterocycles. The standard InChI is InChI=1S/C11H8N2O2S/c1-13-11(14)15-10-7-4-2-3-5-8(7)16-9(10)6-12/h2-5H,1H3,(H,13,14). The minimum Gasteiger partial charge on any atom is -0.407 e. The highest BCUT2D eigenvalue weighted by molar-refractivity contribution is 7.20. The van der Waals surface area contributed by atoms with Gasteiger partial charge < -0.3 is 10.1 Å². The fourth-order valence-electron chi connectivity index (χ4n) is 1.34. The molecule has 0 aliphatic carbocycles. The summed E-state index contributed by atoms with van der Waals surface area (Å²) in [5.74, 6) is 0.336. The van der Waals surface area contributed by atoms with Crippen LogP contribution in [0.4, 0.5) is 4.79 Å². The summed E-state index contributed by atoms with van der Waals surface area (Å²) in [6.45, 7) is 0. The Labute approximate surface area is 96.1 Å². The molecule has 1 N–H and O–H groups in total. The predicted octanol–water partition coefficient (Wildman–Crippen LogP) is 2.49. The van der Waals surface area contributed by atoms with Crippen molar-refractivity contribution in [3.05, 3.63) is 29.1 Å². The van der Waals surface area contributed by atoms with Crippen LogP contribution in [0, 0.1) is 11.3 Å². The smallest absolute Gasteiger partial charge is 0.407 e. The van der Waals surface area contributed by atoms with Crippen LogP contribution in [0.1, 0.15) is 4.88 Å². The third-order valence-corrected chi connectivity index (χ3v) is 3.11. The van der Waals surface area contributed by atoms with E-state index in [0.29, 0.717) is 10.6 Å². The van der Waals surface area contributed by atoms with Crippen molar-refractivity contribution >= 4 is 27.5 Å². The molecule has 0 aliphatic heterocycles. The highest BCUT2D eigenvalue weighted by Crippen LogP contribution is 2.37. The van der Waals surface area contributed by atoms with E-state index >= 15 is 0 Å². The summed E-state index contributed by atoms with van der Waals surface area (Å²) in [7, 11) is 1.48. The normalized spacial score (nSPS) is 9.75. The van der Waals surface area contributed by atoms with Crippen LogP contribution in [0.3, 0.4) is 0 Å². The number of nitrogens with zero attached hydrogens (tertiary/aromatic N) is 1. The lowest BCUT2D eigenvalue weighted by molar-refractivity contribution is 0.203. The second-order valence-corrected chi connectivity index (χ2v) is 4.06. The molecule has 0 unspecified atom stereocenters. The summed E-state index contributed by atoms with van der Waals surface area (Å²) in [6, 6.07) is 9.46. The quantitative estimate of drug-likeness (QED) is 0.821. The monoisotopic (exact) mass is 232 g/mol. The number of rotatable bonds is 1. The molecule has 0 aliphatic rings. The van der Waals surface area contributed by atoms with Crippen LogP contribution in [0.2, 0.25) is 0 Å². The lowest BCUT2D eigenvalue weighted by atomic mass is 10.2. The van der Waals surface area contributed by atoms with Crippen molar-refractivity contribution in [3.63, 3.8) is 0 Å². The van der Waals surface area contributed by atoms with Gasteiger partial charge in [-0.05, 0) is 12.1 Å². The number of hydrogen-bond acceptors (Lipinski definition) is 4. The topological polar surface area (TPSA) is 62.1 Å². The SMILES string of the molecule is CNC(=O)Oc1c(C#N)sc2ccccc12. The lowest BCUT2D eigenvalue weighted by Crippen LogP contribution is -2.22. The summed E-state index contributed by atoms with van der Waals surface area (Å²) in [5.41, 5.74) is 0. The predicted molar refractivity (Wildman–Crippen MR) is 61.6 cm³/mol. The maximum absolute atomic E-state index is 11.2. The van der Waals surface area contributed by atoms with Crippen molar-refractivity contribution in [1.29, 1.82) is 5.26 Å². The number of nitrogens with one attached hydrogen (secondary N) is 1. The number of benzene rings is 1. The van der Waals surface area contributed by atoms with Gasteiger partial charge in [-0.1, -0.05) is 12.1 Å². The zero-order valence-electron chi connectivity index (χ0n) is 8.48. The first kappa shape index (κ1) is 10.5. The maximum atomic E-state index is 11.2. The van der Waals surface area contributed by atoms with E-state index < -0.39 is 6.09 Å². The van der Waals surface area contributed by atoms with Crippen LogP contribution in [0.15, 0.2) is 24.3 Å². The number of thiophene rings is 1. The highest BCUT2D eigenvalue weighted by atomic mass is 32.1. The van der Waals surface area contributed by atoms with Gasteiger partial charge in [0.05, 0.1) is 0 Å². The van der Waals surface area contributed by atoms with Crippen molar-refractivity contribution in [2.75, 3.05) is 7.05 Å². The minimum absolute atomic E-state index is 0.336. The fourth-order valence-corrected chi connectivity index (χ4v) is 2.27. The van der Waals surface area contributed by atoms with Gasteiger partial charge in [-0.15, -0.1) is 11.3 Å². The van der Waals surface area contributed by atoms with Crippen molar-refractivity contribution in [3.8, 4) is 11.8 Å². The van der Waals surface area contributed by atoms with Gasteiger partial charge in [-0.3, -0.25) is 0 Å². The number of hydrogen-bond donors (Lipinski definition) is 1. The van der Waals surface area contributed by atoms with E-state index in [1.54, 1.807) is 0 Å². The second-order valence-electron chi connectivity index (χ2n) is 3.01. The summed E-state index contributed by atoms with van der Waals surface area (Å²) < 4.78 is 6.01. The van der Waals surface area contributed by atoms with Crippen LogP contribution >= 0.6 is 11.3 Å². The Kier molecular flexibility index (Phi) is 2.75. The van der Waals surface area contributed by atoms with E-state index in [2.05, 4.69) is 5.32 Å². The molecule has 1 aromatic carbocycles. The van der Waals surface area contributed by atoms with Crippen LogP contribution in [-0.2, 0) is 0 Å². The molecule has 0 spiro atoms. The average Bonchev–Trinajstić information content (AvgIpc) is 2.67. The van der Waals surface area contributed by atoms with Crippen molar-refractivity contribution < 1.29 is 9.53 Å².